The Bertz CT molecular complexity index is 106. The summed E-state index contributed by atoms with van der Waals surface area (Å²) < 4.78 is 5.29. The van der Waals surface area contributed by atoms with Crippen molar-refractivity contribution in [1.82, 2.24) is 0 Å². The van der Waals surface area contributed by atoms with E-state index in [0.717, 1.165) is 26.1 Å². The Kier molecular flexibility index (Phi) is 3.34. The maximum Gasteiger partial charge on any atom is 0.0613 e. The first-order valence-corrected chi connectivity index (χ1v) is 4.47. The molecule has 0 aliphatic carbocycles. The number of hydrogen-bond acceptors (Lipinski definition) is 2. The molecule has 0 spiro atoms. The number of rotatable bonds is 2. The topological polar surface area (TPSA) is 29.5 Å². The standard InChI is InChI=1S/C9H18O2/c1-7(2)9(10)8-4-3-5-11-6-8/h7-10H,3-6H2,1-2H3/t8-,9-/m1/s1. The van der Waals surface area contributed by atoms with Crippen molar-refractivity contribution in [2.75, 3.05) is 13.2 Å². The molecular formula is C9H18O2. The Balaban J connectivity index is 2.32. The molecule has 2 nitrogen and oxygen atoms in total. The van der Waals surface area contributed by atoms with E-state index in [0.29, 0.717) is 11.8 Å². The fraction of sp³-hybridized carbons (Fsp3) is 1.00. The second-order valence-electron chi connectivity index (χ2n) is 3.71. The second kappa shape index (κ2) is 4.07. The first kappa shape index (κ1) is 9.01. The molecule has 0 aromatic heterocycles. The van der Waals surface area contributed by atoms with Crippen molar-refractivity contribution in [3.8, 4) is 0 Å². The lowest BCUT2D eigenvalue weighted by molar-refractivity contribution is -0.0265. The predicted molar refractivity (Wildman–Crippen MR) is 44.4 cm³/mol. The average Bonchev–Trinajstić information content (AvgIpc) is 2.05. The van der Waals surface area contributed by atoms with Gasteiger partial charge in [0.2, 0.25) is 0 Å². The molecule has 11 heavy (non-hydrogen) atoms. The van der Waals surface area contributed by atoms with Crippen LogP contribution in [0.4, 0.5) is 0 Å². The van der Waals surface area contributed by atoms with E-state index in [1.165, 1.54) is 0 Å². The third kappa shape index (κ3) is 2.46. The van der Waals surface area contributed by atoms with E-state index in [-0.39, 0.29) is 6.10 Å². The molecule has 0 aromatic carbocycles. The van der Waals surface area contributed by atoms with Crippen LogP contribution in [0, 0.1) is 11.8 Å². The molecule has 0 radical (unpaired) electrons. The highest BCUT2D eigenvalue weighted by molar-refractivity contribution is 4.73. The molecule has 1 aliphatic heterocycles. The summed E-state index contributed by atoms with van der Waals surface area (Å²) in [4.78, 5) is 0. The molecule has 1 N–H and O–H groups in total. The molecule has 1 heterocycles. The van der Waals surface area contributed by atoms with Crippen LogP contribution >= 0.6 is 0 Å². The molecule has 0 bridgehead atoms. The highest BCUT2D eigenvalue weighted by Gasteiger charge is 2.24. The lowest BCUT2D eigenvalue weighted by Crippen LogP contribution is -2.32. The summed E-state index contributed by atoms with van der Waals surface area (Å²) in [6.45, 7) is 5.74. The first-order valence-electron chi connectivity index (χ1n) is 4.47. The average molecular weight is 158 g/mol. The monoisotopic (exact) mass is 158 g/mol. The molecule has 0 saturated carbocycles. The van der Waals surface area contributed by atoms with E-state index >= 15 is 0 Å². The van der Waals surface area contributed by atoms with Crippen LogP contribution in [0.25, 0.3) is 0 Å². The van der Waals surface area contributed by atoms with Gasteiger partial charge >= 0.3 is 0 Å². The highest BCUT2D eigenvalue weighted by Crippen LogP contribution is 2.21. The van der Waals surface area contributed by atoms with Crippen LogP contribution in [-0.4, -0.2) is 24.4 Å². The van der Waals surface area contributed by atoms with Gasteiger partial charge < -0.3 is 9.84 Å². The molecule has 2 atom stereocenters. The van der Waals surface area contributed by atoms with Crippen molar-refractivity contribution < 1.29 is 9.84 Å². The molecule has 2 heteroatoms. The molecule has 1 saturated heterocycles. The summed E-state index contributed by atoms with van der Waals surface area (Å²) in [6.07, 6.45) is 2.06. The molecule has 0 amide bonds. The van der Waals surface area contributed by atoms with Gasteiger partial charge in [0.15, 0.2) is 0 Å². The third-order valence-electron chi connectivity index (χ3n) is 2.36. The number of ether oxygens (including phenoxy) is 1. The predicted octanol–water partition coefficient (Wildman–Crippen LogP) is 1.43. The largest absolute Gasteiger partial charge is 0.392 e. The minimum atomic E-state index is -0.171. The zero-order valence-corrected chi connectivity index (χ0v) is 7.42. The maximum absolute atomic E-state index is 9.67. The fourth-order valence-electron chi connectivity index (χ4n) is 1.58. The van der Waals surface area contributed by atoms with Crippen LogP contribution in [0.5, 0.6) is 0 Å². The Morgan fingerprint density at radius 1 is 1.45 bits per heavy atom. The summed E-state index contributed by atoms with van der Waals surface area (Å²) in [5.74, 6) is 0.741. The van der Waals surface area contributed by atoms with Crippen LogP contribution in [0.1, 0.15) is 26.7 Å². The van der Waals surface area contributed by atoms with Gasteiger partial charge in [-0.15, -0.1) is 0 Å². The van der Waals surface area contributed by atoms with Gasteiger partial charge in [-0.25, -0.2) is 0 Å². The van der Waals surface area contributed by atoms with Gasteiger partial charge in [-0.05, 0) is 18.8 Å². The quantitative estimate of drug-likeness (QED) is 0.658. The lowest BCUT2D eigenvalue weighted by atomic mass is 9.89. The van der Waals surface area contributed by atoms with Gasteiger partial charge in [-0.3, -0.25) is 0 Å². The Labute approximate surface area is 68.6 Å². The van der Waals surface area contributed by atoms with Gasteiger partial charge in [0.25, 0.3) is 0 Å². The van der Waals surface area contributed by atoms with Crippen molar-refractivity contribution in [2.45, 2.75) is 32.8 Å². The smallest absolute Gasteiger partial charge is 0.0613 e. The lowest BCUT2D eigenvalue weighted by Gasteiger charge is -2.28. The van der Waals surface area contributed by atoms with E-state index in [4.69, 9.17) is 4.74 Å². The van der Waals surface area contributed by atoms with Gasteiger partial charge in [-0.1, -0.05) is 13.8 Å². The summed E-state index contributed by atoms with van der Waals surface area (Å²) in [5.41, 5.74) is 0. The fourth-order valence-corrected chi connectivity index (χ4v) is 1.58. The van der Waals surface area contributed by atoms with Crippen molar-refractivity contribution in [1.29, 1.82) is 0 Å². The maximum atomic E-state index is 9.67. The SMILES string of the molecule is CC(C)[C@@H](O)[C@@H]1CCCOC1. The van der Waals surface area contributed by atoms with Gasteiger partial charge in [-0.2, -0.15) is 0 Å². The molecular weight excluding hydrogens is 140 g/mol. The van der Waals surface area contributed by atoms with Crippen molar-refractivity contribution >= 4 is 0 Å². The van der Waals surface area contributed by atoms with Crippen molar-refractivity contribution in [2.24, 2.45) is 11.8 Å². The number of aliphatic hydroxyl groups excluding tert-OH is 1. The van der Waals surface area contributed by atoms with E-state index in [1.54, 1.807) is 0 Å². The van der Waals surface area contributed by atoms with E-state index in [1.807, 2.05) is 0 Å². The van der Waals surface area contributed by atoms with E-state index in [9.17, 15) is 5.11 Å². The Hall–Kier alpha value is -0.0800. The third-order valence-corrected chi connectivity index (χ3v) is 2.36. The number of aliphatic hydroxyl groups is 1. The van der Waals surface area contributed by atoms with E-state index < -0.39 is 0 Å². The molecule has 66 valence electrons. The van der Waals surface area contributed by atoms with Gasteiger partial charge in [0, 0.05) is 12.5 Å². The van der Waals surface area contributed by atoms with Crippen molar-refractivity contribution in [3.05, 3.63) is 0 Å². The van der Waals surface area contributed by atoms with Crippen LogP contribution in [-0.2, 0) is 4.74 Å². The molecule has 1 rings (SSSR count). The summed E-state index contributed by atoms with van der Waals surface area (Å²) in [7, 11) is 0. The van der Waals surface area contributed by atoms with Gasteiger partial charge in [0.05, 0.1) is 12.7 Å². The summed E-state index contributed by atoms with van der Waals surface area (Å²) >= 11 is 0. The van der Waals surface area contributed by atoms with Crippen molar-refractivity contribution in [3.63, 3.8) is 0 Å². The zero-order valence-electron chi connectivity index (χ0n) is 7.42. The number of hydrogen-bond donors (Lipinski definition) is 1. The summed E-state index contributed by atoms with van der Waals surface area (Å²) in [6, 6.07) is 0. The molecule has 1 aliphatic rings. The second-order valence-corrected chi connectivity index (χ2v) is 3.71. The molecule has 1 fully saturated rings. The Morgan fingerprint density at radius 2 is 2.18 bits per heavy atom. The molecule has 0 aromatic rings. The van der Waals surface area contributed by atoms with Gasteiger partial charge in [0.1, 0.15) is 0 Å². The minimum Gasteiger partial charge on any atom is -0.392 e. The minimum absolute atomic E-state index is 0.171. The van der Waals surface area contributed by atoms with E-state index in [2.05, 4.69) is 13.8 Å². The summed E-state index contributed by atoms with van der Waals surface area (Å²) in [5, 5.41) is 9.67. The Morgan fingerprint density at radius 3 is 2.64 bits per heavy atom. The van der Waals surface area contributed by atoms with Crippen LogP contribution < -0.4 is 0 Å². The van der Waals surface area contributed by atoms with Crippen LogP contribution in [0.3, 0.4) is 0 Å². The first-order chi connectivity index (χ1) is 5.22. The van der Waals surface area contributed by atoms with Crippen LogP contribution in [0.15, 0.2) is 0 Å². The normalized spacial score (nSPS) is 28.9. The zero-order chi connectivity index (χ0) is 8.27. The highest BCUT2D eigenvalue weighted by atomic mass is 16.5. The molecule has 0 unspecified atom stereocenters. The van der Waals surface area contributed by atoms with Crippen LogP contribution in [0.2, 0.25) is 0 Å².